The molecule has 14 heavy (non-hydrogen) atoms. The van der Waals surface area contributed by atoms with Gasteiger partial charge in [0.05, 0.1) is 6.61 Å². The first-order valence-corrected chi connectivity index (χ1v) is 4.72. The molecule has 0 amide bonds. The highest BCUT2D eigenvalue weighted by Crippen LogP contribution is 2.13. The summed E-state index contributed by atoms with van der Waals surface area (Å²) >= 11 is 0. The molecule has 3 heteroatoms. The smallest absolute Gasteiger partial charge is 0.231 e. The predicted octanol–water partition coefficient (Wildman–Crippen LogP) is 2.38. The van der Waals surface area contributed by atoms with Gasteiger partial charge in [-0.1, -0.05) is 13.8 Å². The average molecular weight is 190 g/mol. The Morgan fingerprint density at radius 1 is 1.57 bits per heavy atom. The Morgan fingerprint density at radius 2 is 2.36 bits per heavy atom. The van der Waals surface area contributed by atoms with E-state index in [4.69, 9.17) is 10.00 Å². The third-order valence-corrected chi connectivity index (χ3v) is 1.83. The molecule has 0 aliphatic heterocycles. The molecule has 3 nitrogen and oxygen atoms in total. The highest BCUT2D eigenvalue weighted by atomic mass is 16.5. The van der Waals surface area contributed by atoms with Crippen molar-refractivity contribution in [2.45, 2.75) is 20.3 Å². The second-order valence-corrected chi connectivity index (χ2v) is 3.50. The minimum absolute atomic E-state index is 0.440. The minimum Gasteiger partial charge on any atom is -0.477 e. The van der Waals surface area contributed by atoms with Crippen molar-refractivity contribution >= 4 is 0 Å². The molecule has 1 heterocycles. The van der Waals surface area contributed by atoms with Gasteiger partial charge in [-0.15, -0.1) is 0 Å². The summed E-state index contributed by atoms with van der Waals surface area (Å²) in [4.78, 5) is 4.00. The fourth-order valence-electron chi connectivity index (χ4n) is 0.982. The molecule has 0 aromatic carbocycles. The average Bonchev–Trinajstić information content (AvgIpc) is 2.18. The highest BCUT2D eigenvalue weighted by Gasteiger charge is 2.03. The first-order valence-electron chi connectivity index (χ1n) is 4.72. The molecule has 1 rings (SSSR count). The van der Waals surface area contributed by atoms with Gasteiger partial charge in [-0.3, -0.25) is 0 Å². The lowest BCUT2D eigenvalue weighted by atomic mass is 10.1. The molecular weight excluding hydrogens is 176 g/mol. The van der Waals surface area contributed by atoms with Crippen LogP contribution in [0.25, 0.3) is 0 Å². The number of rotatable bonds is 4. The van der Waals surface area contributed by atoms with Gasteiger partial charge >= 0.3 is 0 Å². The largest absolute Gasteiger partial charge is 0.477 e. The van der Waals surface area contributed by atoms with Crippen LogP contribution < -0.4 is 4.74 Å². The van der Waals surface area contributed by atoms with Crippen LogP contribution in [0.2, 0.25) is 0 Å². The maximum Gasteiger partial charge on any atom is 0.231 e. The lowest BCUT2D eigenvalue weighted by molar-refractivity contribution is 0.278. The molecule has 74 valence electrons. The van der Waals surface area contributed by atoms with Crippen LogP contribution in [0.5, 0.6) is 5.88 Å². The van der Waals surface area contributed by atoms with E-state index < -0.39 is 0 Å². The number of hydrogen-bond donors (Lipinski definition) is 0. The standard InChI is InChI=1S/C11H14N2O/c1-9(2)5-7-14-11-10(8-12)4-3-6-13-11/h3-4,6,9H,5,7H2,1-2H3. The lowest BCUT2D eigenvalue weighted by Gasteiger charge is -2.07. The summed E-state index contributed by atoms with van der Waals surface area (Å²) in [6.45, 7) is 4.88. The van der Waals surface area contributed by atoms with Gasteiger partial charge in [0.2, 0.25) is 5.88 Å². The zero-order valence-corrected chi connectivity index (χ0v) is 8.53. The van der Waals surface area contributed by atoms with E-state index in [1.807, 2.05) is 6.07 Å². The first kappa shape index (κ1) is 10.5. The van der Waals surface area contributed by atoms with E-state index in [1.165, 1.54) is 0 Å². The van der Waals surface area contributed by atoms with Crippen molar-refractivity contribution in [1.29, 1.82) is 5.26 Å². The molecule has 0 atom stereocenters. The summed E-state index contributed by atoms with van der Waals surface area (Å²) in [5, 5.41) is 8.76. The van der Waals surface area contributed by atoms with Crippen molar-refractivity contribution in [3.8, 4) is 11.9 Å². The Hall–Kier alpha value is -1.56. The predicted molar refractivity (Wildman–Crippen MR) is 53.9 cm³/mol. The molecule has 1 aromatic rings. The maximum absolute atomic E-state index is 8.76. The highest BCUT2D eigenvalue weighted by molar-refractivity contribution is 5.36. The monoisotopic (exact) mass is 190 g/mol. The third-order valence-electron chi connectivity index (χ3n) is 1.83. The molecule has 0 spiro atoms. The number of hydrogen-bond acceptors (Lipinski definition) is 3. The van der Waals surface area contributed by atoms with Gasteiger partial charge in [-0.05, 0) is 24.5 Å². The van der Waals surface area contributed by atoms with Crippen molar-refractivity contribution in [2.75, 3.05) is 6.61 Å². The minimum atomic E-state index is 0.440. The van der Waals surface area contributed by atoms with Crippen molar-refractivity contribution in [2.24, 2.45) is 5.92 Å². The molecule has 0 radical (unpaired) electrons. The summed E-state index contributed by atoms with van der Waals surface area (Å²) in [6.07, 6.45) is 2.60. The number of pyridine rings is 1. The third kappa shape index (κ3) is 3.06. The zero-order valence-electron chi connectivity index (χ0n) is 8.53. The van der Waals surface area contributed by atoms with E-state index in [2.05, 4.69) is 18.8 Å². The van der Waals surface area contributed by atoms with Crippen LogP contribution in [0.1, 0.15) is 25.8 Å². The summed E-state index contributed by atoms with van der Waals surface area (Å²) < 4.78 is 5.41. The van der Waals surface area contributed by atoms with Crippen LogP contribution in [0.3, 0.4) is 0 Å². The molecule has 0 unspecified atom stereocenters. The summed E-state index contributed by atoms with van der Waals surface area (Å²) in [5.74, 6) is 1.04. The van der Waals surface area contributed by atoms with E-state index in [9.17, 15) is 0 Å². The SMILES string of the molecule is CC(C)CCOc1ncccc1C#N. The van der Waals surface area contributed by atoms with Crippen LogP contribution in [-0.4, -0.2) is 11.6 Å². The van der Waals surface area contributed by atoms with Crippen LogP contribution in [0, 0.1) is 17.2 Å². The summed E-state index contributed by atoms with van der Waals surface area (Å²) in [7, 11) is 0. The Labute approximate surface area is 84.3 Å². The molecule has 0 aliphatic rings. The molecule has 0 aliphatic carbocycles. The Balaban J connectivity index is 2.54. The number of nitrogens with zero attached hydrogens (tertiary/aromatic N) is 2. The Morgan fingerprint density at radius 3 is 3.00 bits per heavy atom. The zero-order chi connectivity index (χ0) is 10.4. The molecule has 0 fully saturated rings. The van der Waals surface area contributed by atoms with Crippen LogP contribution in [0.15, 0.2) is 18.3 Å². The molecule has 0 N–H and O–H groups in total. The molecule has 1 aromatic heterocycles. The van der Waals surface area contributed by atoms with E-state index in [-0.39, 0.29) is 0 Å². The van der Waals surface area contributed by atoms with Crippen molar-refractivity contribution < 1.29 is 4.74 Å². The number of nitriles is 1. The van der Waals surface area contributed by atoms with Crippen LogP contribution in [0.4, 0.5) is 0 Å². The summed E-state index contributed by atoms with van der Waals surface area (Å²) in [5.41, 5.74) is 0.497. The van der Waals surface area contributed by atoms with Gasteiger partial charge < -0.3 is 4.74 Å². The van der Waals surface area contributed by atoms with E-state index >= 15 is 0 Å². The second-order valence-electron chi connectivity index (χ2n) is 3.50. The van der Waals surface area contributed by atoms with E-state index in [0.717, 1.165) is 6.42 Å². The van der Waals surface area contributed by atoms with Crippen LogP contribution >= 0.6 is 0 Å². The summed E-state index contributed by atoms with van der Waals surface area (Å²) in [6, 6.07) is 5.48. The van der Waals surface area contributed by atoms with Gasteiger partial charge in [-0.2, -0.15) is 5.26 Å². The van der Waals surface area contributed by atoms with Crippen molar-refractivity contribution in [3.63, 3.8) is 0 Å². The Bertz CT molecular complexity index is 328. The lowest BCUT2D eigenvalue weighted by Crippen LogP contribution is -2.03. The van der Waals surface area contributed by atoms with E-state index in [1.54, 1.807) is 18.3 Å². The van der Waals surface area contributed by atoms with Gasteiger partial charge in [0.1, 0.15) is 11.6 Å². The molecular formula is C11H14N2O. The fraction of sp³-hybridized carbons (Fsp3) is 0.455. The normalized spacial score (nSPS) is 9.86. The van der Waals surface area contributed by atoms with Gasteiger partial charge in [0, 0.05) is 6.20 Å². The quantitative estimate of drug-likeness (QED) is 0.732. The maximum atomic E-state index is 8.76. The van der Waals surface area contributed by atoms with Crippen molar-refractivity contribution in [1.82, 2.24) is 4.98 Å². The van der Waals surface area contributed by atoms with E-state index in [0.29, 0.717) is 24.0 Å². The first-order chi connectivity index (χ1) is 6.74. The molecule has 0 bridgehead atoms. The number of aromatic nitrogens is 1. The van der Waals surface area contributed by atoms with Gasteiger partial charge in [0.15, 0.2) is 0 Å². The topological polar surface area (TPSA) is 45.9 Å². The molecule has 0 saturated heterocycles. The van der Waals surface area contributed by atoms with Crippen LogP contribution in [-0.2, 0) is 0 Å². The van der Waals surface area contributed by atoms with Crippen molar-refractivity contribution in [3.05, 3.63) is 23.9 Å². The van der Waals surface area contributed by atoms with Gasteiger partial charge in [0.25, 0.3) is 0 Å². The molecule has 0 saturated carbocycles. The fourth-order valence-corrected chi connectivity index (χ4v) is 0.982. The second kappa shape index (κ2) is 5.23. The van der Waals surface area contributed by atoms with Gasteiger partial charge in [-0.25, -0.2) is 4.98 Å². The Kier molecular flexibility index (Phi) is 3.93. The number of ether oxygens (including phenoxy) is 1.